The van der Waals surface area contributed by atoms with Crippen molar-refractivity contribution in [2.45, 2.75) is 19.8 Å². The predicted molar refractivity (Wildman–Crippen MR) is 82.6 cm³/mol. The van der Waals surface area contributed by atoms with E-state index in [-0.39, 0.29) is 30.2 Å². The van der Waals surface area contributed by atoms with Gasteiger partial charge in [-0.15, -0.1) is 0 Å². The van der Waals surface area contributed by atoms with E-state index in [1.807, 2.05) is 0 Å². The van der Waals surface area contributed by atoms with Crippen LogP contribution in [0.3, 0.4) is 0 Å². The third-order valence-corrected chi connectivity index (χ3v) is 4.44. The number of cyclic esters (lactones) is 1. The van der Waals surface area contributed by atoms with Gasteiger partial charge < -0.3 is 9.64 Å². The molecule has 2 fully saturated rings. The Bertz CT molecular complexity index is 669. The highest BCUT2D eigenvalue weighted by Crippen LogP contribution is 2.21. The number of ether oxygens (including phenoxy) is 1. The second kappa shape index (κ2) is 6.59. The fraction of sp³-hybridized carbons (Fsp3) is 0.471. The van der Waals surface area contributed by atoms with E-state index in [2.05, 4.69) is 4.74 Å². The molecule has 24 heavy (non-hydrogen) atoms. The summed E-state index contributed by atoms with van der Waals surface area (Å²) in [5.74, 6) is -0.428. The lowest BCUT2D eigenvalue weighted by atomic mass is 9.98. The number of hydrogen-bond donors (Lipinski definition) is 0. The molecule has 2 heterocycles. The molecule has 0 unspecified atom stereocenters. The van der Waals surface area contributed by atoms with Gasteiger partial charge in [0.2, 0.25) is 5.91 Å². The molecule has 0 saturated carbocycles. The first-order valence-electron chi connectivity index (χ1n) is 7.94. The van der Waals surface area contributed by atoms with Crippen LogP contribution in [-0.2, 0) is 20.7 Å². The van der Waals surface area contributed by atoms with E-state index in [0.717, 1.165) is 10.5 Å². The number of aryl methyl sites for hydroxylation is 2. The molecule has 0 aliphatic carbocycles. The van der Waals surface area contributed by atoms with Crippen LogP contribution in [0.4, 0.5) is 9.18 Å². The van der Waals surface area contributed by atoms with Crippen LogP contribution in [0.5, 0.6) is 0 Å². The number of halogens is 1. The Morgan fingerprint density at radius 2 is 2.08 bits per heavy atom. The van der Waals surface area contributed by atoms with Gasteiger partial charge in [-0.3, -0.25) is 9.59 Å². The number of carbonyl (C=O) groups is 3. The lowest BCUT2D eigenvalue weighted by Crippen LogP contribution is -2.54. The number of rotatable bonds is 5. The Balaban J connectivity index is 1.42. The van der Waals surface area contributed by atoms with E-state index >= 15 is 0 Å². The summed E-state index contributed by atoms with van der Waals surface area (Å²) in [4.78, 5) is 37.8. The molecular weight excluding hydrogens is 315 g/mol. The molecular formula is C17H19FN2O4. The maximum atomic E-state index is 13.2. The van der Waals surface area contributed by atoms with Crippen LogP contribution in [0.1, 0.15) is 17.5 Å². The minimum Gasteiger partial charge on any atom is -0.439 e. The van der Waals surface area contributed by atoms with Gasteiger partial charge in [0.1, 0.15) is 5.82 Å². The zero-order valence-electron chi connectivity index (χ0n) is 13.5. The molecule has 0 aromatic heterocycles. The predicted octanol–water partition coefficient (Wildman–Crippen LogP) is 1.50. The minimum atomic E-state index is -0.601. The number of carbonyl (C=O) groups excluding carboxylic acids is 3. The van der Waals surface area contributed by atoms with Gasteiger partial charge >= 0.3 is 6.09 Å². The first kappa shape index (κ1) is 16.4. The maximum Gasteiger partial charge on any atom is 0.417 e. The van der Waals surface area contributed by atoms with Crippen molar-refractivity contribution >= 4 is 17.9 Å². The molecule has 128 valence electrons. The largest absolute Gasteiger partial charge is 0.439 e. The van der Waals surface area contributed by atoms with Gasteiger partial charge in [0.25, 0.3) is 5.91 Å². The minimum absolute atomic E-state index is 0.0311. The number of benzene rings is 1. The molecule has 3 rings (SSSR count). The Morgan fingerprint density at radius 3 is 2.71 bits per heavy atom. The normalized spacial score (nSPS) is 17.9. The molecule has 1 aromatic rings. The Morgan fingerprint density at radius 1 is 1.33 bits per heavy atom. The molecule has 0 radical (unpaired) electrons. The van der Waals surface area contributed by atoms with Crippen LogP contribution in [-0.4, -0.2) is 53.9 Å². The van der Waals surface area contributed by atoms with Crippen LogP contribution in [0.25, 0.3) is 0 Å². The van der Waals surface area contributed by atoms with Crippen molar-refractivity contribution in [3.8, 4) is 0 Å². The van der Waals surface area contributed by atoms with Gasteiger partial charge in [-0.25, -0.2) is 14.1 Å². The molecule has 0 N–H and O–H groups in total. The summed E-state index contributed by atoms with van der Waals surface area (Å²) in [6.07, 6.45) is 0.331. The summed E-state index contributed by atoms with van der Waals surface area (Å²) in [5, 5.41) is 0. The highest BCUT2D eigenvalue weighted by atomic mass is 19.1. The Labute approximate surface area is 139 Å². The van der Waals surface area contributed by atoms with Crippen molar-refractivity contribution in [2.75, 3.05) is 26.2 Å². The highest BCUT2D eigenvalue weighted by molar-refractivity contribution is 5.97. The number of amides is 3. The Kier molecular flexibility index (Phi) is 4.51. The average molecular weight is 334 g/mol. The van der Waals surface area contributed by atoms with Crippen LogP contribution >= 0.6 is 0 Å². The van der Waals surface area contributed by atoms with Crippen molar-refractivity contribution in [1.29, 1.82) is 0 Å². The topological polar surface area (TPSA) is 66.9 Å². The van der Waals surface area contributed by atoms with Crippen molar-refractivity contribution in [3.63, 3.8) is 0 Å². The van der Waals surface area contributed by atoms with Gasteiger partial charge in [-0.2, -0.15) is 0 Å². The monoisotopic (exact) mass is 334 g/mol. The van der Waals surface area contributed by atoms with E-state index in [0.29, 0.717) is 38.0 Å². The van der Waals surface area contributed by atoms with E-state index in [1.54, 1.807) is 24.0 Å². The van der Waals surface area contributed by atoms with Crippen LogP contribution in [0, 0.1) is 18.7 Å². The standard InChI is InChI=1S/C17H19FN2O4/c1-11-6-12(2-4-14(11)18)3-5-15(21)19-7-13(8-19)9-20-16(22)10-24-17(20)23/h2,4,6,13H,3,5,7-10H2,1H3. The maximum absolute atomic E-state index is 13.2. The molecule has 3 amide bonds. The van der Waals surface area contributed by atoms with Gasteiger partial charge in [0.05, 0.1) is 0 Å². The molecule has 1 aromatic carbocycles. The number of likely N-dealkylation sites (tertiary alicyclic amines) is 1. The van der Waals surface area contributed by atoms with Crippen molar-refractivity contribution in [3.05, 3.63) is 35.1 Å². The second-order valence-corrected chi connectivity index (χ2v) is 6.31. The van der Waals surface area contributed by atoms with Crippen LogP contribution in [0.15, 0.2) is 18.2 Å². The number of imide groups is 1. The van der Waals surface area contributed by atoms with E-state index in [4.69, 9.17) is 0 Å². The van der Waals surface area contributed by atoms with Gasteiger partial charge in [0, 0.05) is 32.0 Å². The van der Waals surface area contributed by atoms with Gasteiger partial charge in [-0.1, -0.05) is 12.1 Å². The zero-order chi connectivity index (χ0) is 17.3. The summed E-state index contributed by atoms with van der Waals surface area (Å²) >= 11 is 0. The SMILES string of the molecule is Cc1cc(CCC(=O)N2CC(CN3C(=O)COC3=O)C2)ccc1F. The molecule has 0 bridgehead atoms. The molecule has 6 nitrogen and oxygen atoms in total. The first-order valence-corrected chi connectivity index (χ1v) is 7.94. The summed E-state index contributed by atoms with van der Waals surface area (Å²) in [6, 6.07) is 4.87. The van der Waals surface area contributed by atoms with Crippen LogP contribution in [0.2, 0.25) is 0 Å². The second-order valence-electron chi connectivity index (χ2n) is 6.31. The van der Waals surface area contributed by atoms with Gasteiger partial charge in [-0.05, 0) is 30.5 Å². The van der Waals surface area contributed by atoms with Gasteiger partial charge in [0.15, 0.2) is 6.61 Å². The smallest absolute Gasteiger partial charge is 0.417 e. The third-order valence-electron chi connectivity index (χ3n) is 4.44. The van der Waals surface area contributed by atoms with Crippen LogP contribution < -0.4 is 0 Å². The molecule has 2 saturated heterocycles. The molecule has 0 spiro atoms. The molecule has 7 heteroatoms. The highest BCUT2D eigenvalue weighted by Gasteiger charge is 2.38. The lowest BCUT2D eigenvalue weighted by molar-refractivity contribution is -0.138. The quantitative estimate of drug-likeness (QED) is 0.818. The fourth-order valence-corrected chi connectivity index (χ4v) is 2.98. The summed E-state index contributed by atoms with van der Waals surface area (Å²) in [5.41, 5.74) is 1.51. The van der Waals surface area contributed by atoms with E-state index < -0.39 is 6.09 Å². The lowest BCUT2D eigenvalue weighted by Gasteiger charge is -2.40. The van der Waals surface area contributed by atoms with Crippen molar-refractivity contribution in [1.82, 2.24) is 9.80 Å². The first-order chi connectivity index (χ1) is 11.4. The summed E-state index contributed by atoms with van der Waals surface area (Å²) < 4.78 is 17.9. The Hall–Kier alpha value is -2.44. The van der Waals surface area contributed by atoms with E-state index in [1.165, 1.54) is 6.07 Å². The third kappa shape index (κ3) is 3.39. The number of nitrogens with zero attached hydrogens (tertiary/aromatic N) is 2. The molecule has 2 aliphatic heterocycles. The number of hydrogen-bond acceptors (Lipinski definition) is 4. The fourth-order valence-electron chi connectivity index (χ4n) is 2.98. The van der Waals surface area contributed by atoms with Crippen molar-refractivity contribution in [2.24, 2.45) is 5.92 Å². The molecule has 2 aliphatic rings. The molecule has 0 atom stereocenters. The summed E-state index contributed by atoms with van der Waals surface area (Å²) in [7, 11) is 0. The van der Waals surface area contributed by atoms with Crippen molar-refractivity contribution < 1.29 is 23.5 Å². The summed E-state index contributed by atoms with van der Waals surface area (Å²) in [6.45, 7) is 2.89. The van der Waals surface area contributed by atoms with E-state index in [9.17, 15) is 18.8 Å². The average Bonchev–Trinajstić information content (AvgIpc) is 2.82. The zero-order valence-corrected chi connectivity index (χ0v) is 13.5.